The molecular formula is C14H18. The van der Waals surface area contributed by atoms with Gasteiger partial charge in [-0.05, 0) is 30.7 Å². The van der Waals surface area contributed by atoms with Crippen LogP contribution in [0.5, 0.6) is 0 Å². The summed E-state index contributed by atoms with van der Waals surface area (Å²) in [6.07, 6.45) is 7.26. The first-order chi connectivity index (χ1) is 6.86. The van der Waals surface area contributed by atoms with Gasteiger partial charge in [0.05, 0.1) is 0 Å². The van der Waals surface area contributed by atoms with E-state index in [4.69, 9.17) is 0 Å². The van der Waals surface area contributed by atoms with Crippen molar-refractivity contribution in [1.82, 2.24) is 0 Å². The molecule has 0 radical (unpaired) electrons. The summed E-state index contributed by atoms with van der Waals surface area (Å²) in [5.41, 5.74) is 1.40. The van der Waals surface area contributed by atoms with Crippen molar-refractivity contribution in [2.24, 2.45) is 5.92 Å². The fourth-order valence-electron chi connectivity index (χ4n) is 1.68. The first kappa shape index (κ1) is 10.8. The molecule has 0 heteroatoms. The molecule has 0 heterocycles. The lowest BCUT2D eigenvalue weighted by Crippen LogP contribution is -2.02. The summed E-state index contributed by atoms with van der Waals surface area (Å²) in [5, 5.41) is 0. The molecule has 1 rings (SSSR count). The van der Waals surface area contributed by atoms with Gasteiger partial charge in [-0.3, -0.25) is 0 Å². The fourth-order valence-corrected chi connectivity index (χ4v) is 1.68. The van der Waals surface area contributed by atoms with Crippen LogP contribution in [0.2, 0.25) is 0 Å². The summed E-state index contributed by atoms with van der Waals surface area (Å²) in [5.74, 6) is 0.660. The number of hydrogen-bond acceptors (Lipinski definition) is 0. The number of hydrogen-bond donors (Lipinski definition) is 0. The van der Waals surface area contributed by atoms with Crippen molar-refractivity contribution in [2.75, 3.05) is 0 Å². The van der Waals surface area contributed by atoms with Gasteiger partial charge in [0.25, 0.3) is 0 Å². The molecule has 0 aromatic heterocycles. The summed E-state index contributed by atoms with van der Waals surface area (Å²) >= 11 is 0. The lowest BCUT2D eigenvalue weighted by Gasteiger charge is -2.12. The third kappa shape index (κ3) is 3.61. The highest BCUT2D eigenvalue weighted by Crippen LogP contribution is 2.16. The van der Waals surface area contributed by atoms with E-state index in [2.05, 4.69) is 43.5 Å². The van der Waals surface area contributed by atoms with Crippen molar-refractivity contribution >= 4 is 0 Å². The number of benzene rings is 1. The Hall–Kier alpha value is -1.30. The highest BCUT2D eigenvalue weighted by Gasteiger charge is 2.05. The molecular weight excluding hydrogens is 168 g/mol. The van der Waals surface area contributed by atoms with Crippen LogP contribution in [0.25, 0.3) is 0 Å². The average Bonchev–Trinajstić information content (AvgIpc) is 2.20. The maximum Gasteiger partial charge on any atom is -0.0244 e. The van der Waals surface area contributed by atoms with Crippen LogP contribution in [0.1, 0.15) is 18.4 Å². The summed E-state index contributed by atoms with van der Waals surface area (Å²) in [6.45, 7) is 7.58. The number of allylic oxidation sites excluding steroid dienone is 2. The quantitative estimate of drug-likeness (QED) is 0.589. The Bertz CT molecular complexity index is 261. The molecule has 0 amide bonds. The van der Waals surface area contributed by atoms with E-state index in [0.717, 1.165) is 19.3 Å². The van der Waals surface area contributed by atoms with Crippen LogP contribution in [0.3, 0.4) is 0 Å². The fraction of sp³-hybridized carbons (Fsp3) is 0.286. The summed E-state index contributed by atoms with van der Waals surface area (Å²) in [4.78, 5) is 0. The maximum atomic E-state index is 3.79. The second-order valence-electron chi connectivity index (χ2n) is 3.60. The van der Waals surface area contributed by atoms with Gasteiger partial charge in [-0.2, -0.15) is 0 Å². The molecule has 1 aromatic carbocycles. The van der Waals surface area contributed by atoms with Gasteiger partial charge in [0, 0.05) is 0 Å². The number of rotatable bonds is 6. The molecule has 0 spiro atoms. The Morgan fingerprint density at radius 1 is 1.00 bits per heavy atom. The molecule has 0 saturated carbocycles. The molecule has 0 unspecified atom stereocenters. The molecule has 0 aliphatic rings. The molecule has 0 bridgehead atoms. The van der Waals surface area contributed by atoms with Crippen LogP contribution in [0, 0.1) is 5.92 Å². The van der Waals surface area contributed by atoms with Crippen LogP contribution in [-0.4, -0.2) is 0 Å². The van der Waals surface area contributed by atoms with Gasteiger partial charge in [-0.1, -0.05) is 42.5 Å². The van der Waals surface area contributed by atoms with E-state index < -0.39 is 0 Å². The molecule has 0 atom stereocenters. The van der Waals surface area contributed by atoms with Gasteiger partial charge in [0.2, 0.25) is 0 Å². The highest BCUT2D eigenvalue weighted by molar-refractivity contribution is 5.15. The third-order valence-corrected chi connectivity index (χ3v) is 2.37. The zero-order chi connectivity index (χ0) is 10.2. The first-order valence-corrected chi connectivity index (χ1v) is 5.12. The van der Waals surface area contributed by atoms with Gasteiger partial charge in [-0.25, -0.2) is 0 Å². The Morgan fingerprint density at radius 3 is 2.07 bits per heavy atom. The molecule has 74 valence electrons. The third-order valence-electron chi connectivity index (χ3n) is 2.37. The van der Waals surface area contributed by atoms with Crippen molar-refractivity contribution in [3.05, 3.63) is 61.2 Å². The Morgan fingerprint density at radius 2 is 1.57 bits per heavy atom. The van der Waals surface area contributed by atoms with E-state index >= 15 is 0 Å². The SMILES string of the molecule is C=CCC(CC=C)Cc1ccccc1. The Labute approximate surface area is 87.0 Å². The maximum absolute atomic E-state index is 3.79. The molecule has 1 aromatic rings. The molecule has 0 aliphatic heterocycles. The second-order valence-corrected chi connectivity index (χ2v) is 3.60. The van der Waals surface area contributed by atoms with Crippen LogP contribution < -0.4 is 0 Å². The molecule has 0 nitrogen and oxygen atoms in total. The van der Waals surface area contributed by atoms with Crippen LogP contribution >= 0.6 is 0 Å². The van der Waals surface area contributed by atoms with E-state index in [9.17, 15) is 0 Å². The normalized spacial score (nSPS) is 10.1. The van der Waals surface area contributed by atoms with Crippen molar-refractivity contribution in [2.45, 2.75) is 19.3 Å². The minimum Gasteiger partial charge on any atom is -0.103 e. The van der Waals surface area contributed by atoms with Crippen molar-refractivity contribution in [3.8, 4) is 0 Å². The van der Waals surface area contributed by atoms with Gasteiger partial charge in [-0.15, -0.1) is 13.2 Å². The van der Waals surface area contributed by atoms with Crippen LogP contribution in [0.15, 0.2) is 55.6 Å². The smallest absolute Gasteiger partial charge is 0.0244 e. The topological polar surface area (TPSA) is 0 Å². The van der Waals surface area contributed by atoms with Gasteiger partial charge in [0.15, 0.2) is 0 Å². The van der Waals surface area contributed by atoms with Crippen LogP contribution in [-0.2, 0) is 6.42 Å². The molecule has 0 fully saturated rings. The zero-order valence-electron chi connectivity index (χ0n) is 8.65. The molecule has 0 saturated heterocycles. The average molecular weight is 186 g/mol. The van der Waals surface area contributed by atoms with Gasteiger partial charge < -0.3 is 0 Å². The predicted octanol–water partition coefficient (Wildman–Crippen LogP) is 4.00. The second kappa shape index (κ2) is 6.20. The summed E-state index contributed by atoms with van der Waals surface area (Å²) < 4.78 is 0. The molecule has 0 aliphatic carbocycles. The van der Waals surface area contributed by atoms with Gasteiger partial charge in [0.1, 0.15) is 0 Å². The van der Waals surface area contributed by atoms with Crippen LogP contribution in [0.4, 0.5) is 0 Å². The zero-order valence-corrected chi connectivity index (χ0v) is 8.65. The molecule has 0 N–H and O–H groups in total. The van der Waals surface area contributed by atoms with Crippen molar-refractivity contribution in [3.63, 3.8) is 0 Å². The Balaban J connectivity index is 2.54. The standard InChI is InChI=1S/C14H18/c1-3-8-13(9-4-2)12-14-10-6-5-7-11-14/h3-7,10-11,13H,1-2,8-9,12H2. The van der Waals surface area contributed by atoms with Crippen molar-refractivity contribution in [1.29, 1.82) is 0 Å². The van der Waals surface area contributed by atoms with Gasteiger partial charge >= 0.3 is 0 Å². The van der Waals surface area contributed by atoms with E-state index in [1.54, 1.807) is 0 Å². The molecule has 14 heavy (non-hydrogen) atoms. The van der Waals surface area contributed by atoms with E-state index in [-0.39, 0.29) is 0 Å². The monoisotopic (exact) mass is 186 g/mol. The van der Waals surface area contributed by atoms with E-state index in [1.807, 2.05) is 12.2 Å². The lowest BCUT2D eigenvalue weighted by molar-refractivity contribution is 0.540. The minimum absolute atomic E-state index is 0.660. The van der Waals surface area contributed by atoms with Crippen molar-refractivity contribution < 1.29 is 0 Å². The first-order valence-electron chi connectivity index (χ1n) is 5.12. The largest absolute Gasteiger partial charge is 0.103 e. The predicted molar refractivity (Wildman–Crippen MR) is 63.3 cm³/mol. The Kier molecular flexibility index (Phi) is 4.77. The lowest BCUT2D eigenvalue weighted by atomic mass is 9.93. The minimum atomic E-state index is 0.660. The summed E-state index contributed by atoms with van der Waals surface area (Å²) in [6, 6.07) is 10.6. The summed E-state index contributed by atoms with van der Waals surface area (Å²) in [7, 11) is 0. The van der Waals surface area contributed by atoms with E-state index in [0.29, 0.717) is 5.92 Å². The highest BCUT2D eigenvalue weighted by atomic mass is 14.1. The van der Waals surface area contributed by atoms with E-state index in [1.165, 1.54) is 5.56 Å².